The van der Waals surface area contributed by atoms with E-state index in [2.05, 4.69) is 24.4 Å². The lowest BCUT2D eigenvalue weighted by Gasteiger charge is -2.07. The highest BCUT2D eigenvalue weighted by molar-refractivity contribution is 6.04. The fourth-order valence-electron chi connectivity index (χ4n) is 2.22. The predicted molar refractivity (Wildman–Crippen MR) is 88.5 cm³/mol. The van der Waals surface area contributed by atoms with Gasteiger partial charge in [-0.3, -0.25) is 4.79 Å². The van der Waals surface area contributed by atoms with Crippen LogP contribution < -0.4 is 11.1 Å². The van der Waals surface area contributed by atoms with Crippen molar-refractivity contribution in [3.63, 3.8) is 0 Å². The van der Waals surface area contributed by atoms with Gasteiger partial charge in [-0.2, -0.15) is 0 Å². The highest BCUT2D eigenvalue weighted by Crippen LogP contribution is 2.14. The van der Waals surface area contributed by atoms with Crippen molar-refractivity contribution >= 4 is 17.3 Å². The lowest BCUT2D eigenvalue weighted by Crippen LogP contribution is -2.12. The van der Waals surface area contributed by atoms with Gasteiger partial charge < -0.3 is 11.1 Å². The maximum absolute atomic E-state index is 12.1. The maximum Gasteiger partial charge on any atom is 0.255 e. The lowest BCUT2D eigenvalue weighted by molar-refractivity contribution is 0.102. The van der Waals surface area contributed by atoms with Crippen LogP contribution >= 0.6 is 0 Å². The minimum absolute atomic E-state index is 0.138. The number of nitrogen functional groups attached to an aromatic ring is 1. The summed E-state index contributed by atoms with van der Waals surface area (Å²) in [5.41, 5.74) is 8.97. The predicted octanol–water partition coefficient (Wildman–Crippen LogP) is 4.25. The van der Waals surface area contributed by atoms with Crippen molar-refractivity contribution in [2.75, 3.05) is 11.1 Å². The summed E-state index contributed by atoms with van der Waals surface area (Å²) in [7, 11) is 0. The summed E-state index contributed by atoms with van der Waals surface area (Å²) in [6, 6.07) is 15.0. The molecular weight excluding hydrogens is 260 g/mol. The fraction of sp³-hybridized carbons (Fsp3) is 0.278. The summed E-state index contributed by atoms with van der Waals surface area (Å²) in [4.78, 5) is 12.1. The highest BCUT2D eigenvalue weighted by Gasteiger charge is 2.06. The molecule has 2 aromatic rings. The van der Waals surface area contributed by atoms with Crippen LogP contribution in [0, 0.1) is 0 Å². The quantitative estimate of drug-likeness (QED) is 0.614. The molecule has 0 unspecified atom stereocenters. The SMILES string of the molecule is CCCCCc1ccc(NC(=O)c2cccc(N)c2)cc1. The average molecular weight is 282 g/mol. The van der Waals surface area contributed by atoms with E-state index >= 15 is 0 Å². The van der Waals surface area contributed by atoms with Crippen molar-refractivity contribution in [2.24, 2.45) is 0 Å². The number of amides is 1. The summed E-state index contributed by atoms with van der Waals surface area (Å²) >= 11 is 0. The van der Waals surface area contributed by atoms with Crippen molar-refractivity contribution in [3.05, 3.63) is 59.7 Å². The van der Waals surface area contributed by atoms with Gasteiger partial charge in [0.05, 0.1) is 0 Å². The van der Waals surface area contributed by atoms with Gasteiger partial charge in [-0.25, -0.2) is 0 Å². The zero-order valence-corrected chi connectivity index (χ0v) is 12.4. The molecule has 3 N–H and O–H groups in total. The normalized spacial score (nSPS) is 10.3. The zero-order chi connectivity index (χ0) is 15.1. The van der Waals surface area contributed by atoms with Crippen LogP contribution in [0.25, 0.3) is 0 Å². The molecule has 1 amide bonds. The number of nitrogens with one attached hydrogen (secondary N) is 1. The summed E-state index contributed by atoms with van der Waals surface area (Å²) in [6.07, 6.45) is 4.80. The molecule has 0 heterocycles. The van der Waals surface area contributed by atoms with Crippen LogP contribution in [0.4, 0.5) is 11.4 Å². The minimum atomic E-state index is -0.138. The number of hydrogen-bond acceptors (Lipinski definition) is 2. The molecule has 0 aliphatic heterocycles. The van der Waals surface area contributed by atoms with Crippen molar-refractivity contribution < 1.29 is 4.79 Å². The Hall–Kier alpha value is -2.29. The van der Waals surface area contributed by atoms with Gasteiger partial charge in [-0.1, -0.05) is 38.0 Å². The van der Waals surface area contributed by atoms with E-state index < -0.39 is 0 Å². The molecule has 2 aromatic carbocycles. The third-order valence-electron chi connectivity index (χ3n) is 3.43. The van der Waals surface area contributed by atoms with Gasteiger partial charge in [-0.05, 0) is 48.7 Å². The fourth-order valence-corrected chi connectivity index (χ4v) is 2.22. The Bertz CT molecular complexity index is 590. The number of nitrogens with two attached hydrogens (primary N) is 1. The van der Waals surface area contributed by atoms with Crippen molar-refractivity contribution in [2.45, 2.75) is 32.6 Å². The molecule has 0 spiro atoms. The zero-order valence-electron chi connectivity index (χ0n) is 12.4. The first-order chi connectivity index (χ1) is 10.2. The second kappa shape index (κ2) is 7.48. The Morgan fingerprint density at radius 1 is 1.10 bits per heavy atom. The molecule has 0 aliphatic carbocycles. The molecule has 21 heavy (non-hydrogen) atoms. The second-order valence-electron chi connectivity index (χ2n) is 5.23. The molecule has 0 saturated heterocycles. The number of hydrogen-bond donors (Lipinski definition) is 2. The Kier molecular flexibility index (Phi) is 5.38. The van der Waals surface area contributed by atoms with Gasteiger partial charge in [-0.15, -0.1) is 0 Å². The third kappa shape index (κ3) is 4.63. The van der Waals surface area contributed by atoms with Crippen molar-refractivity contribution in [1.82, 2.24) is 0 Å². The van der Waals surface area contributed by atoms with Gasteiger partial charge >= 0.3 is 0 Å². The van der Waals surface area contributed by atoms with Gasteiger partial charge in [0, 0.05) is 16.9 Å². The Labute approximate surface area is 126 Å². The van der Waals surface area contributed by atoms with Gasteiger partial charge in [0.15, 0.2) is 0 Å². The van der Waals surface area contributed by atoms with Crippen LogP contribution in [0.5, 0.6) is 0 Å². The number of anilines is 2. The van der Waals surface area contributed by atoms with E-state index in [-0.39, 0.29) is 5.91 Å². The van der Waals surface area contributed by atoms with Crippen LogP contribution in [-0.4, -0.2) is 5.91 Å². The van der Waals surface area contributed by atoms with E-state index in [4.69, 9.17) is 5.73 Å². The molecule has 0 radical (unpaired) electrons. The molecule has 0 bridgehead atoms. The summed E-state index contributed by atoms with van der Waals surface area (Å²) < 4.78 is 0. The van der Waals surface area contributed by atoms with Crippen LogP contribution in [0.15, 0.2) is 48.5 Å². The Balaban J connectivity index is 1.95. The summed E-state index contributed by atoms with van der Waals surface area (Å²) in [6.45, 7) is 2.20. The van der Waals surface area contributed by atoms with Crippen LogP contribution in [-0.2, 0) is 6.42 Å². The monoisotopic (exact) mass is 282 g/mol. The van der Waals surface area contributed by atoms with E-state index in [1.54, 1.807) is 24.3 Å². The molecule has 2 rings (SSSR count). The summed E-state index contributed by atoms with van der Waals surface area (Å²) in [5.74, 6) is -0.138. The molecule has 0 saturated carbocycles. The van der Waals surface area contributed by atoms with Gasteiger partial charge in [0.1, 0.15) is 0 Å². The van der Waals surface area contributed by atoms with E-state index in [1.807, 2.05) is 12.1 Å². The first-order valence-corrected chi connectivity index (χ1v) is 7.45. The smallest absolute Gasteiger partial charge is 0.255 e. The van der Waals surface area contributed by atoms with Crippen molar-refractivity contribution in [1.29, 1.82) is 0 Å². The van der Waals surface area contributed by atoms with E-state index in [9.17, 15) is 4.79 Å². The second-order valence-corrected chi connectivity index (χ2v) is 5.23. The first kappa shape index (κ1) is 15.1. The standard InChI is InChI=1S/C18H22N2O/c1-2-3-4-6-14-9-11-17(12-10-14)20-18(21)15-7-5-8-16(19)13-15/h5,7-13H,2-4,6,19H2,1H3,(H,20,21). The highest BCUT2D eigenvalue weighted by atomic mass is 16.1. The maximum atomic E-state index is 12.1. The van der Waals surface area contributed by atoms with E-state index in [0.29, 0.717) is 11.3 Å². The average Bonchev–Trinajstić information content (AvgIpc) is 2.49. The minimum Gasteiger partial charge on any atom is -0.399 e. The number of carbonyl (C=O) groups is 1. The van der Waals surface area contributed by atoms with Gasteiger partial charge in [0.25, 0.3) is 5.91 Å². The van der Waals surface area contributed by atoms with E-state index in [1.165, 1.54) is 24.8 Å². The number of rotatable bonds is 6. The molecule has 110 valence electrons. The number of benzene rings is 2. The van der Waals surface area contributed by atoms with Crippen LogP contribution in [0.1, 0.15) is 42.1 Å². The summed E-state index contributed by atoms with van der Waals surface area (Å²) in [5, 5.41) is 2.89. The van der Waals surface area contributed by atoms with E-state index in [0.717, 1.165) is 12.1 Å². The largest absolute Gasteiger partial charge is 0.399 e. The molecule has 0 aromatic heterocycles. The van der Waals surface area contributed by atoms with Crippen LogP contribution in [0.3, 0.4) is 0 Å². The molecular formula is C18H22N2O. The Morgan fingerprint density at radius 2 is 1.86 bits per heavy atom. The third-order valence-corrected chi connectivity index (χ3v) is 3.43. The topological polar surface area (TPSA) is 55.1 Å². The lowest BCUT2D eigenvalue weighted by atomic mass is 10.1. The number of carbonyl (C=O) groups excluding carboxylic acids is 1. The molecule has 3 nitrogen and oxygen atoms in total. The molecule has 0 atom stereocenters. The number of aryl methyl sites for hydroxylation is 1. The number of unbranched alkanes of at least 4 members (excludes halogenated alkanes) is 2. The molecule has 0 aliphatic rings. The molecule has 0 fully saturated rings. The van der Waals surface area contributed by atoms with Gasteiger partial charge in [0.2, 0.25) is 0 Å². The van der Waals surface area contributed by atoms with Crippen molar-refractivity contribution in [3.8, 4) is 0 Å². The van der Waals surface area contributed by atoms with Crippen LogP contribution in [0.2, 0.25) is 0 Å². The first-order valence-electron chi connectivity index (χ1n) is 7.45. The Morgan fingerprint density at radius 3 is 2.52 bits per heavy atom. The molecule has 3 heteroatoms.